The molecule has 0 aromatic heterocycles. The molecule has 4 nitrogen and oxygen atoms in total. The molecule has 0 spiro atoms. The molecule has 1 aliphatic heterocycles. The monoisotopic (exact) mass is 274 g/mol. The molecular formula is C16H22N2O2. The molecule has 0 bridgehead atoms. The normalized spacial score (nSPS) is 25.9. The van der Waals surface area contributed by atoms with E-state index in [1.165, 1.54) is 25.7 Å². The maximum Gasteiger partial charge on any atom is 0.414 e. The molecule has 1 aromatic carbocycles. The van der Waals surface area contributed by atoms with Crippen LogP contribution in [0.25, 0.3) is 0 Å². The fraction of sp³-hybridized carbons (Fsp3) is 0.562. The average molecular weight is 274 g/mol. The molecular weight excluding hydrogens is 252 g/mol. The van der Waals surface area contributed by atoms with Gasteiger partial charge in [0.15, 0.2) is 0 Å². The van der Waals surface area contributed by atoms with Gasteiger partial charge in [0.05, 0.1) is 6.54 Å². The summed E-state index contributed by atoms with van der Waals surface area (Å²) in [5.41, 5.74) is 2.02. The van der Waals surface area contributed by atoms with Gasteiger partial charge in [-0.25, -0.2) is 4.79 Å². The number of ether oxygens (including phenoxy) is 1. The highest BCUT2D eigenvalue weighted by Gasteiger charge is 2.26. The standard InChI is InChI=1S/C16H22N2O2/c1-2-12-5-3-8-15(12)17-13-6-4-7-14(11-13)18-9-10-20-16(18)19/h4,6-7,11-12,15,17H,2-3,5,8-10H2,1H3. The van der Waals surface area contributed by atoms with Crippen LogP contribution in [0.2, 0.25) is 0 Å². The van der Waals surface area contributed by atoms with Crippen LogP contribution >= 0.6 is 0 Å². The van der Waals surface area contributed by atoms with E-state index in [2.05, 4.69) is 24.4 Å². The van der Waals surface area contributed by atoms with Crippen LogP contribution in [0.3, 0.4) is 0 Å². The molecule has 0 radical (unpaired) electrons. The number of rotatable bonds is 4. The van der Waals surface area contributed by atoms with Crippen LogP contribution in [0.5, 0.6) is 0 Å². The fourth-order valence-corrected chi connectivity index (χ4v) is 3.32. The summed E-state index contributed by atoms with van der Waals surface area (Å²) in [7, 11) is 0. The van der Waals surface area contributed by atoms with Crippen molar-refractivity contribution in [2.75, 3.05) is 23.4 Å². The fourth-order valence-electron chi connectivity index (χ4n) is 3.32. The van der Waals surface area contributed by atoms with Crippen molar-refractivity contribution in [1.82, 2.24) is 0 Å². The molecule has 1 aliphatic carbocycles. The molecule has 2 atom stereocenters. The topological polar surface area (TPSA) is 41.6 Å². The molecule has 20 heavy (non-hydrogen) atoms. The zero-order valence-electron chi connectivity index (χ0n) is 12.0. The van der Waals surface area contributed by atoms with Crippen molar-refractivity contribution in [3.05, 3.63) is 24.3 Å². The molecule has 2 fully saturated rings. The SMILES string of the molecule is CCC1CCCC1Nc1cccc(N2CCOC2=O)c1. The van der Waals surface area contributed by atoms with Crippen LogP contribution < -0.4 is 10.2 Å². The summed E-state index contributed by atoms with van der Waals surface area (Å²) in [6.07, 6.45) is 4.87. The summed E-state index contributed by atoms with van der Waals surface area (Å²) in [5, 5.41) is 3.64. The largest absolute Gasteiger partial charge is 0.447 e. The molecule has 1 amide bonds. The number of carbonyl (C=O) groups is 1. The lowest BCUT2D eigenvalue weighted by molar-refractivity contribution is 0.181. The van der Waals surface area contributed by atoms with Crippen LogP contribution in [0.1, 0.15) is 32.6 Å². The van der Waals surface area contributed by atoms with E-state index >= 15 is 0 Å². The maximum absolute atomic E-state index is 11.6. The number of amides is 1. The van der Waals surface area contributed by atoms with Gasteiger partial charge in [0.25, 0.3) is 0 Å². The number of cyclic esters (lactones) is 1. The highest BCUT2D eigenvalue weighted by Crippen LogP contribution is 2.31. The predicted octanol–water partition coefficient (Wildman–Crippen LogP) is 3.63. The number of carbonyl (C=O) groups excluding carboxylic acids is 1. The number of hydrogen-bond acceptors (Lipinski definition) is 3. The Kier molecular flexibility index (Phi) is 3.81. The van der Waals surface area contributed by atoms with Gasteiger partial charge in [-0.1, -0.05) is 25.8 Å². The van der Waals surface area contributed by atoms with Crippen molar-refractivity contribution < 1.29 is 9.53 Å². The van der Waals surface area contributed by atoms with Crippen molar-refractivity contribution >= 4 is 17.5 Å². The first-order valence-electron chi connectivity index (χ1n) is 7.59. The van der Waals surface area contributed by atoms with E-state index in [9.17, 15) is 4.79 Å². The van der Waals surface area contributed by atoms with Gasteiger partial charge in [-0.15, -0.1) is 0 Å². The lowest BCUT2D eigenvalue weighted by Crippen LogP contribution is -2.25. The molecule has 1 N–H and O–H groups in total. The zero-order valence-corrected chi connectivity index (χ0v) is 12.0. The second-order valence-electron chi connectivity index (χ2n) is 5.67. The lowest BCUT2D eigenvalue weighted by atomic mass is 10.0. The van der Waals surface area contributed by atoms with Gasteiger partial charge in [-0.2, -0.15) is 0 Å². The third kappa shape index (κ3) is 2.60. The number of hydrogen-bond donors (Lipinski definition) is 1. The summed E-state index contributed by atoms with van der Waals surface area (Å²) < 4.78 is 4.99. The Morgan fingerprint density at radius 1 is 1.40 bits per heavy atom. The Balaban J connectivity index is 1.72. The summed E-state index contributed by atoms with van der Waals surface area (Å²) in [6, 6.07) is 8.66. The number of nitrogens with one attached hydrogen (secondary N) is 1. The van der Waals surface area contributed by atoms with Gasteiger partial charge in [-0.3, -0.25) is 4.90 Å². The van der Waals surface area contributed by atoms with Crippen LogP contribution in [0, 0.1) is 5.92 Å². The van der Waals surface area contributed by atoms with Crippen molar-refractivity contribution in [1.29, 1.82) is 0 Å². The van der Waals surface area contributed by atoms with Gasteiger partial charge >= 0.3 is 6.09 Å². The van der Waals surface area contributed by atoms with Crippen molar-refractivity contribution in [2.45, 2.75) is 38.6 Å². The molecule has 108 valence electrons. The minimum absolute atomic E-state index is 0.241. The van der Waals surface area contributed by atoms with E-state index in [4.69, 9.17) is 4.74 Å². The van der Waals surface area contributed by atoms with Crippen LogP contribution in [0.4, 0.5) is 16.2 Å². The Labute approximate surface area is 120 Å². The Morgan fingerprint density at radius 2 is 2.30 bits per heavy atom. The van der Waals surface area contributed by atoms with Crippen molar-refractivity contribution in [3.63, 3.8) is 0 Å². The summed E-state index contributed by atoms with van der Waals surface area (Å²) in [4.78, 5) is 13.3. The zero-order chi connectivity index (χ0) is 13.9. The molecule has 2 unspecified atom stereocenters. The first-order chi connectivity index (χ1) is 9.78. The molecule has 1 saturated heterocycles. The van der Waals surface area contributed by atoms with E-state index < -0.39 is 0 Å². The van der Waals surface area contributed by atoms with Crippen molar-refractivity contribution in [3.8, 4) is 0 Å². The predicted molar refractivity (Wildman–Crippen MR) is 80.2 cm³/mol. The summed E-state index contributed by atoms with van der Waals surface area (Å²) in [6.45, 7) is 3.39. The minimum atomic E-state index is -0.241. The molecule has 3 rings (SSSR count). The average Bonchev–Trinajstić information content (AvgIpc) is 3.08. The highest BCUT2D eigenvalue weighted by molar-refractivity contribution is 5.89. The molecule has 1 saturated carbocycles. The van der Waals surface area contributed by atoms with E-state index in [1.54, 1.807) is 4.90 Å². The van der Waals surface area contributed by atoms with Gasteiger partial charge in [0.1, 0.15) is 6.61 Å². The van der Waals surface area contributed by atoms with Crippen LogP contribution in [-0.2, 0) is 4.74 Å². The van der Waals surface area contributed by atoms with Crippen LogP contribution in [-0.4, -0.2) is 25.3 Å². The minimum Gasteiger partial charge on any atom is -0.447 e. The third-order valence-electron chi connectivity index (χ3n) is 4.45. The Morgan fingerprint density at radius 3 is 3.05 bits per heavy atom. The summed E-state index contributed by atoms with van der Waals surface area (Å²) >= 11 is 0. The van der Waals surface area contributed by atoms with Gasteiger partial charge in [0.2, 0.25) is 0 Å². The van der Waals surface area contributed by atoms with E-state index in [-0.39, 0.29) is 6.09 Å². The van der Waals surface area contributed by atoms with Crippen LogP contribution in [0.15, 0.2) is 24.3 Å². The van der Waals surface area contributed by atoms with Crippen molar-refractivity contribution in [2.24, 2.45) is 5.92 Å². The quantitative estimate of drug-likeness (QED) is 0.911. The first-order valence-corrected chi connectivity index (χ1v) is 7.59. The molecule has 2 aliphatic rings. The number of nitrogens with zero attached hydrogens (tertiary/aromatic N) is 1. The smallest absolute Gasteiger partial charge is 0.414 e. The number of benzene rings is 1. The molecule has 1 aromatic rings. The van der Waals surface area contributed by atoms with Gasteiger partial charge in [0, 0.05) is 17.4 Å². The first kappa shape index (κ1) is 13.3. The van der Waals surface area contributed by atoms with Gasteiger partial charge in [-0.05, 0) is 37.0 Å². The molecule has 4 heteroatoms. The maximum atomic E-state index is 11.6. The third-order valence-corrected chi connectivity index (χ3v) is 4.45. The van der Waals surface area contributed by atoms with E-state index in [0.717, 1.165) is 17.3 Å². The second-order valence-corrected chi connectivity index (χ2v) is 5.67. The number of anilines is 2. The summed E-state index contributed by atoms with van der Waals surface area (Å²) in [5.74, 6) is 0.774. The van der Waals surface area contributed by atoms with E-state index in [1.807, 2.05) is 12.1 Å². The lowest BCUT2D eigenvalue weighted by Gasteiger charge is -2.22. The Hall–Kier alpha value is -1.71. The highest BCUT2D eigenvalue weighted by atomic mass is 16.6. The Bertz CT molecular complexity index is 489. The molecule has 1 heterocycles. The second kappa shape index (κ2) is 5.73. The van der Waals surface area contributed by atoms with Gasteiger partial charge < -0.3 is 10.1 Å². The van der Waals surface area contributed by atoms with E-state index in [0.29, 0.717) is 19.2 Å².